The molecule has 0 aromatic heterocycles. The van der Waals surface area contributed by atoms with Gasteiger partial charge in [-0.25, -0.2) is 4.79 Å². The fraction of sp³-hybridized carbons (Fsp3) is 0.533. The molecule has 2 atom stereocenters. The lowest BCUT2D eigenvalue weighted by Crippen LogP contribution is -2.35. The molecule has 2 aliphatic heterocycles. The van der Waals surface area contributed by atoms with Gasteiger partial charge >= 0.3 is 6.03 Å². The predicted octanol–water partition coefficient (Wildman–Crippen LogP) is 3.23. The van der Waals surface area contributed by atoms with Gasteiger partial charge in [0.25, 0.3) is 0 Å². The number of nitrogens with zero attached hydrogens (tertiary/aromatic N) is 1. The van der Waals surface area contributed by atoms with Crippen LogP contribution in [0.5, 0.6) is 0 Å². The molecule has 0 aliphatic carbocycles. The maximum absolute atomic E-state index is 12.4. The fourth-order valence-electron chi connectivity index (χ4n) is 3.12. The lowest BCUT2D eigenvalue weighted by Gasteiger charge is -2.29. The highest BCUT2D eigenvalue weighted by molar-refractivity contribution is 6.33. The number of urea groups is 1. The molecule has 2 saturated heterocycles. The summed E-state index contributed by atoms with van der Waals surface area (Å²) >= 11 is 6.07. The minimum atomic E-state index is -0.0880. The van der Waals surface area contributed by atoms with Crippen molar-refractivity contribution in [2.75, 3.05) is 31.6 Å². The largest absolute Gasteiger partial charge is 0.380 e. The average molecular weight is 295 g/mol. The number of fused-ring (bicyclic) bond motifs is 1. The molecule has 1 aromatic carbocycles. The Bertz CT molecular complexity index is 532. The summed E-state index contributed by atoms with van der Waals surface area (Å²) < 4.78 is 5.60. The molecule has 108 valence electrons. The highest BCUT2D eigenvalue weighted by atomic mass is 35.5. The summed E-state index contributed by atoms with van der Waals surface area (Å²) in [6, 6.07) is 7.19. The summed E-state index contributed by atoms with van der Waals surface area (Å²) in [7, 11) is 0. The first-order chi connectivity index (χ1) is 9.44. The molecule has 0 saturated carbocycles. The van der Waals surface area contributed by atoms with Crippen molar-refractivity contribution in [3.05, 3.63) is 29.3 Å². The van der Waals surface area contributed by atoms with Crippen LogP contribution in [0.25, 0.3) is 0 Å². The number of likely N-dealkylation sites (tertiary alicyclic amines) is 1. The van der Waals surface area contributed by atoms with Crippen molar-refractivity contribution in [2.45, 2.75) is 13.8 Å². The smallest absolute Gasteiger partial charge is 0.321 e. The third-order valence-corrected chi connectivity index (χ3v) is 5.11. The minimum absolute atomic E-state index is 0.0465. The Hall–Kier alpha value is -1.26. The third-order valence-electron chi connectivity index (χ3n) is 4.78. The fourth-order valence-corrected chi connectivity index (χ4v) is 3.30. The lowest BCUT2D eigenvalue weighted by molar-refractivity contribution is 0.136. The van der Waals surface area contributed by atoms with Crippen molar-refractivity contribution in [1.29, 1.82) is 0 Å². The molecular formula is C15H19ClN2O2. The van der Waals surface area contributed by atoms with Gasteiger partial charge in [-0.3, -0.25) is 0 Å². The Morgan fingerprint density at radius 1 is 1.25 bits per heavy atom. The van der Waals surface area contributed by atoms with Crippen LogP contribution < -0.4 is 5.32 Å². The van der Waals surface area contributed by atoms with Gasteiger partial charge in [0.05, 0.1) is 23.9 Å². The van der Waals surface area contributed by atoms with E-state index in [1.807, 2.05) is 23.1 Å². The first-order valence-corrected chi connectivity index (χ1v) is 7.20. The van der Waals surface area contributed by atoms with Crippen LogP contribution in [-0.2, 0) is 4.74 Å². The number of rotatable bonds is 1. The van der Waals surface area contributed by atoms with Gasteiger partial charge < -0.3 is 15.0 Å². The molecule has 2 fully saturated rings. The van der Waals surface area contributed by atoms with Crippen LogP contribution in [0.1, 0.15) is 13.8 Å². The van der Waals surface area contributed by atoms with Crippen molar-refractivity contribution in [3.8, 4) is 0 Å². The van der Waals surface area contributed by atoms with E-state index in [-0.39, 0.29) is 16.9 Å². The quantitative estimate of drug-likeness (QED) is 0.864. The average Bonchev–Trinajstić information content (AvgIpc) is 2.80. The normalized spacial score (nSPS) is 32.2. The SMILES string of the molecule is C[C@@]12COC[C@]1(C)CN(C(=O)Nc1ccccc1Cl)C2. The van der Waals surface area contributed by atoms with E-state index < -0.39 is 0 Å². The number of ether oxygens (including phenoxy) is 1. The summed E-state index contributed by atoms with van der Waals surface area (Å²) in [5, 5.41) is 3.45. The van der Waals surface area contributed by atoms with E-state index >= 15 is 0 Å². The number of hydrogen-bond acceptors (Lipinski definition) is 2. The number of anilines is 1. The second kappa shape index (κ2) is 4.64. The summed E-state index contributed by atoms with van der Waals surface area (Å²) in [4.78, 5) is 14.3. The van der Waals surface area contributed by atoms with Gasteiger partial charge in [0.15, 0.2) is 0 Å². The van der Waals surface area contributed by atoms with E-state index in [0.29, 0.717) is 10.7 Å². The molecule has 1 N–H and O–H groups in total. The Morgan fingerprint density at radius 2 is 1.85 bits per heavy atom. The van der Waals surface area contributed by atoms with Crippen LogP contribution in [0.15, 0.2) is 24.3 Å². The van der Waals surface area contributed by atoms with Crippen molar-refractivity contribution < 1.29 is 9.53 Å². The molecular weight excluding hydrogens is 276 g/mol. The molecule has 4 nitrogen and oxygen atoms in total. The topological polar surface area (TPSA) is 41.6 Å². The summed E-state index contributed by atoms with van der Waals surface area (Å²) in [5.74, 6) is 0. The van der Waals surface area contributed by atoms with E-state index in [0.717, 1.165) is 26.3 Å². The molecule has 0 spiro atoms. The molecule has 5 heteroatoms. The van der Waals surface area contributed by atoms with Gasteiger partial charge in [0, 0.05) is 23.9 Å². The number of benzene rings is 1. The van der Waals surface area contributed by atoms with Crippen LogP contribution in [0.3, 0.4) is 0 Å². The molecule has 2 heterocycles. The van der Waals surface area contributed by atoms with E-state index in [2.05, 4.69) is 19.2 Å². The zero-order valence-corrected chi connectivity index (χ0v) is 12.5. The summed E-state index contributed by atoms with van der Waals surface area (Å²) in [5.41, 5.74) is 0.748. The van der Waals surface area contributed by atoms with Gasteiger partial charge in [0.2, 0.25) is 0 Å². The third kappa shape index (κ3) is 2.07. The van der Waals surface area contributed by atoms with E-state index in [4.69, 9.17) is 16.3 Å². The van der Waals surface area contributed by atoms with Crippen molar-refractivity contribution >= 4 is 23.3 Å². The van der Waals surface area contributed by atoms with Gasteiger partial charge in [-0.2, -0.15) is 0 Å². The molecule has 20 heavy (non-hydrogen) atoms. The van der Waals surface area contributed by atoms with Crippen molar-refractivity contribution in [3.63, 3.8) is 0 Å². The number of nitrogens with one attached hydrogen (secondary N) is 1. The second-order valence-electron chi connectivity index (χ2n) is 6.38. The Labute approximate surface area is 124 Å². The van der Waals surface area contributed by atoms with Gasteiger partial charge in [0.1, 0.15) is 0 Å². The Morgan fingerprint density at radius 3 is 2.45 bits per heavy atom. The molecule has 0 bridgehead atoms. The van der Waals surface area contributed by atoms with E-state index in [1.165, 1.54) is 0 Å². The monoisotopic (exact) mass is 294 g/mol. The number of amides is 2. The van der Waals surface area contributed by atoms with Crippen LogP contribution >= 0.6 is 11.6 Å². The zero-order chi connectivity index (χ0) is 14.4. The Balaban J connectivity index is 1.73. The van der Waals surface area contributed by atoms with Crippen LogP contribution in [0.4, 0.5) is 10.5 Å². The first kappa shape index (κ1) is 13.7. The van der Waals surface area contributed by atoms with Gasteiger partial charge in [-0.1, -0.05) is 37.6 Å². The maximum atomic E-state index is 12.4. The number of carbonyl (C=O) groups excluding carboxylic acids is 1. The number of para-hydroxylation sites is 1. The maximum Gasteiger partial charge on any atom is 0.321 e. The van der Waals surface area contributed by atoms with E-state index in [1.54, 1.807) is 6.07 Å². The number of hydrogen-bond donors (Lipinski definition) is 1. The van der Waals surface area contributed by atoms with Crippen LogP contribution in [-0.4, -0.2) is 37.2 Å². The van der Waals surface area contributed by atoms with Gasteiger partial charge in [-0.05, 0) is 12.1 Å². The van der Waals surface area contributed by atoms with Crippen LogP contribution in [0.2, 0.25) is 5.02 Å². The highest BCUT2D eigenvalue weighted by Gasteiger charge is 2.56. The van der Waals surface area contributed by atoms with Gasteiger partial charge in [-0.15, -0.1) is 0 Å². The lowest BCUT2D eigenvalue weighted by atomic mass is 9.71. The molecule has 1 aromatic rings. The molecule has 3 rings (SSSR count). The summed E-state index contributed by atoms with van der Waals surface area (Å²) in [6.45, 7) is 7.28. The Kier molecular flexibility index (Phi) is 3.18. The number of carbonyl (C=O) groups is 1. The van der Waals surface area contributed by atoms with Crippen molar-refractivity contribution in [2.24, 2.45) is 10.8 Å². The second-order valence-corrected chi connectivity index (χ2v) is 6.79. The molecule has 2 amide bonds. The molecule has 0 radical (unpaired) electrons. The summed E-state index contributed by atoms with van der Waals surface area (Å²) in [6.07, 6.45) is 0. The minimum Gasteiger partial charge on any atom is -0.380 e. The highest BCUT2D eigenvalue weighted by Crippen LogP contribution is 2.50. The first-order valence-electron chi connectivity index (χ1n) is 6.82. The molecule has 2 aliphatic rings. The molecule has 0 unspecified atom stereocenters. The number of halogens is 1. The predicted molar refractivity (Wildman–Crippen MR) is 79.1 cm³/mol. The standard InChI is InChI=1S/C15H19ClN2O2/c1-14-7-18(8-15(14,2)10-20-9-14)13(19)17-12-6-4-3-5-11(12)16/h3-6H,7-10H2,1-2H3,(H,17,19)/t14-,15+. The zero-order valence-electron chi connectivity index (χ0n) is 11.8. The van der Waals surface area contributed by atoms with Crippen molar-refractivity contribution in [1.82, 2.24) is 4.90 Å². The van der Waals surface area contributed by atoms with Crippen LogP contribution in [0, 0.1) is 10.8 Å². The van der Waals surface area contributed by atoms with E-state index in [9.17, 15) is 4.79 Å².